The standard InChI is InChI=1S/C12H13/c1-10-5-4-8-12(9-10)11-6-2-3-7-11/h4-6,8-9H,1-3,7H2. The number of rotatable bonds is 1. The third-order valence-corrected chi connectivity index (χ3v) is 2.34. The average Bonchev–Trinajstić information content (AvgIpc) is 2.56. The van der Waals surface area contributed by atoms with Crippen molar-refractivity contribution in [2.24, 2.45) is 0 Å². The summed E-state index contributed by atoms with van der Waals surface area (Å²) in [5, 5.41) is 0. The first-order chi connectivity index (χ1) is 5.86. The zero-order valence-corrected chi connectivity index (χ0v) is 7.22. The molecule has 1 aromatic carbocycles. The largest absolute Gasteiger partial charge is 0.0807 e. The van der Waals surface area contributed by atoms with Crippen LogP contribution in [-0.4, -0.2) is 0 Å². The minimum Gasteiger partial charge on any atom is -0.0807 e. The second-order valence-electron chi connectivity index (χ2n) is 3.32. The SMILES string of the molecule is [CH2]c1cccc(C2=CCCC2)c1. The fourth-order valence-corrected chi connectivity index (χ4v) is 1.70. The van der Waals surface area contributed by atoms with E-state index in [2.05, 4.69) is 31.2 Å². The third-order valence-electron chi connectivity index (χ3n) is 2.34. The summed E-state index contributed by atoms with van der Waals surface area (Å²) in [4.78, 5) is 0. The van der Waals surface area contributed by atoms with Crippen LogP contribution in [0.5, 0.6) is 0 Å². The molecule has 1 aromatic rings. The number of hydrogen-bond acceptors (Lipinski definition) is 0. The molecular weight excluding hydrogens is 144 g/mol. The molecule has 1 aliphatic carbocycles. The van der Waals surface area contributed by atoms with Gasteiger partial charge in [-0.3, -0.25) is 0 Å². The Bertz CT molecular complexity index is 308. The van der Waals surface area contributed by atoms with Crippen LogP contribution in [0.3, 0.4) is 0 Å². The zero-order valence-electron chi connectivity index (χ0n) is 7.22. The molecule has 0 spiro atoms. The van der Waals surface area contributed by atoms with Gasteiger partial charge in [0.2, 0.25) is 0 Å². The Hall–Kier alpha value is -1.04. The van der Waals surface area contributed by atoms with Crippen LogP contribution in [0.2, 0.25) is 0 Å². The molecule has 0 heteroatoms. The van der Waals surface area contributed by atoms with Gasteiger partial charge in [-0.2, -0.15) is 0 Å². The highest BCUT2D eigenvalue weighted by molar-refractivity contribution is 5.67. The Morgan fingerprint density at radius 2 is 2.17 bits per heavy atom. The van der Waals surface area contributed by atoms with Gasteiger partial charge < -0.3 is 0 Å². The van der Waals surface area contributed by atoms with Crippen molar-refractivity contribution in [3.63, 3.8) is 0 Å². The lowest BCUT2D eigenvalue weighted by molar-refractivity contribution is 0.935. The van der Waals surface area contributed by atoms with E-state index in [1.54, 1.807) is 0 Å². The third kappa shape index (κ3) is 1.42. The first-order valence-electron chi connectivity index (χ1n) is 4.48. The van der Waals surface area contributed by atoms with Crippen LogP contribution in [0.15, 0.2) is 30.3 Å². The predicted octanol–water partition coefficient (Wildman–Crippen LogP) is 3.44. The van der Waals surface area contributed by atoms with E-state index in [0.29, 0.717) is 0 Å². The molecule has 0 aliphatic heterocycles. The molecule has 2 rings (SSSR count). The lowest BCUT2D eigenvalue weighted by atomic mass is 10.0. The quantitative estimate of drug-likeness (QED) is 0.585. The van der Waals surface area contributed by atoms with E-state index in [0.717, 1.165) is 5.56 Å². The smallest absolute Gasteiger partial charge is 0.0225 e. The molecule has 0 nitrogen and oxygen atoms in total. The van der Waals surface area contributed by atoms with Crippen molar-refractivity contribution in [1.82, 2.24) is 0 Å². The molecular formula is C12H13. The van der Waals surface area contributed by atoms with Crippen molar-refractivity contribution in [3.8, 4) is 0 Å². The zero-order chi connectivity index (χ0) is 8.39. The summed E-state index contributed by atoms with van der Waals surface area (Å²) in [5.41, 5.74) is 3.97. The molecule has 0 fully saturated rings. The van der Waals surface area contributed by atoms with Crippen molar-refractivity contribution < 1.29 is 0 Å². The highest BCUT2D eigenvalue weighted by Crippen LogP contribution is 2.27. The topological polar surface area (TPSA) is 0 Å². The first kappa shape index (κ1) is 7.60. The second kappa shape index (κ2) is 3.14. The minimum atomic E-state index is 1.11. The van der Waals surface area contributed by atoms with Gasteiger partial charge in [-0.05, 0) is 42.9 Å². The van der Waals surface area contributed by atoms with Crippen molar-refractivity contribution >= 4 is 5.57 Å². The summed E-state index contributed by atoms with van der Waals surface area (Å²) in [6.07, 6.45) is 6.14. The number of allylic oxidation sites excluding steroid dienone is 2. The van der Waals surface area contributed by atoms with Gasteiger partial charge in [0.15, 0.2) is 0 Å². The molecule has 0 unspecified atom stereocenters. The van der Waals surface area contributed by atoms with Gasteiger partial charge in [0.25, 0.3) is 0 Å². The van der Waals surface area contributed by atoms with Gasteiger partial charge in [-0.1, -0.05) is 30.3 Å². The van der Waals surface area contributed by atoms with Crippen molar-refractivity contribution in [2.75, 3.05) is 0 Å². The Balaban J connectivity index is 2.33. The number of hydrogen-bond donors (Lipinski definition) is 0. The molecule has 61 valence electrons. The van der Waals surface area contributed by atoms with Crippen LogP contribution in [0, 0.1) is 6.92 Å². The number of benzene rings is 1. The Kier molecular flexibility index (Phi) is 1.99. The normalized spacial score (nSPS) is 16.2. The van der Waals surface area contributed by atoms with Crippen molar-refractivity contribution in [1.29, 1.82) is 0 Å². The average molecular weight is 157 g/mol. The molecule has 0 bridgehead atoms. The van der Waals surface area contributed by atoms with E-state index in [1.165, 1.54) is 30.4 Å². The maximum absolute atomic E-state index is 3.93. The van der Waals surface area contributed by atoms with E-state index in [9.17, 15) is 0 Å². The van der Waals surface area contributed by atoms with Crippen LogP contribution in [0.4, 0.5) is 0 Å². The van der Waals surface area contributed by atoms with Crippen LogP contribution < -0.4 is 0 Å². The van der Waals surface area contributed by atoms with Crippen molar-refractivity contribution in [3.05, 3.63) is 48.4 Å². The molecule has 0 aromatic heterocycles. The van der Waals surface area contributed by atoms with E-state index in [4.69, 9.17) is 0 Å². The van der Waals surface area contributed by atoms with Gasteiger partial charge >= 0.3 is 0 Å². The summed E-state index contributed by atoms with van der Waals surface area (Å²) < 4.78 is 0. The van der Waals surface area contributed by atoms with Gasteiger partial charge in [-0.25, -0.2) is 0 Å². The predicted molar refractivity (Wildman–Crippen MR) is 52.7 cm³/mol. The first-order valence-corrected chi connectivity index (χ1v) is 4.48. The minimum absolute atomic E-state index is 1.11. The fourth-order valence-electron chi connectivity index (χ4n) is 1.70. The van der Waals surface area contributed by atoms with Gasteiger partial charge in [0.1, 0.15) is 0 Å². The highest BCUT2D eigenvalue weighted by atomic mass is 14.1. The molecule has 0 atom stereocenters. The molecule has 0 saturated carbocycles. The molecule has 0 heterocycles. The van der Waals surface area contributed by atoms with E-state index in [1.807, 2.05) is 6.07 Å². The maximum Gasteiger partial charge on any atom is -0.0225 e. The second-order valence-corrected chi connectivity index (χ2v) is 3.32. The Labute approximate surface area is 73.9 Å². The lowest BCUT2D eigenvalue weighted by Gasteiger charge is -2.02. The maximum atomic E-state index is 3.93. The van der Waals surface area contributed by atoms with Gasteiger partial charge in [-0.15, -0.1) is 0 Å². The van der Waals surface area contributed by atoms with Gasteiger partial charge in [0.05, 0.1) is 0 Å². The summed E-state index contributed by atoms with van der Waals surface area (Å²) in [6.45, 7) is 3.93. The van der Waals surface area contributed by atoms with Crippen LogP contribution >= 0.6 is 0 Å². The molecule has 1 aliphatic rings. The fraction of sp³-hybridized carbons (Fsp3) is 0.250. The summed E-state index contributed by atoms with van der Waals surface area (Å²) in [5.74, 6) is 0. The van der Waals surface area contributed by atoms with E-state index in [-0.39, 0.29) is 0 Å². The van der Waals surface area contributed by atoms with E-state index >= 15 is 0 Å². The summed E-state index contributed by atoms with van der Waals surface area (Å²) in [6, 6.07) is 8.46. The lowest BCUT2D eigenvalue weighted by Crippen LogP contribution is -1.81. The highest BCUT2D eigenvalue weighted by Gasteiger charge is 2.05. The summed E-state index contributed by atoms with van der Waals surface area (Å²) >= 11 is 0. The van der Waals surface area contributed by atoms with Crippen LogP contribution in [0.25, 0.3) is 5.57 Å². The van der Waals surface area contributed by atoms with Gasteiger partial charge in [0, 0.05) is 0 Å². The van der Waals surface area contributed by atoms with Crippen LogP contribution in [-0.2, 0) is 0 Å². The van der Waals surface area contributed by atoms with Crippen molar-refractivity contribution in [2.45, 2.75) is 19.3 Å². The summed E-state index contributed by atoms with van der Waals surface area (Å²) in [7, 11) is 0. The Morgan fingerprint density at radius 1 is 1.25 bits per heavy atom. The Morgan fingerprint density at radius 3 is 2.83 bits per heavy atom. The molecule has 0 saturated heterocycles. The molecule has 0 N–H and O–H groups in total. The molecule has 1 radical (unpaired) electrons. The van der Waals surface area contributed by atoms with Crippen LogP contribution in [0.1, 0.15) is 30.4 Å². The monoisotopic (exact) mass is 157 g/mol. The molecule has 0 amide bonds. The molecule has 12 heavy (non-hydrogen) atoms. The van der Waals surface area contributed by atoms with E-state index < -0.39 is 0 Å².